The van der Waals surface area contributed by atoms with Crippen molar-refractivity contribution in [3.8, 4) is 5.75 Å². The maximum absolute atomic E-state index is 10.7. The largest absolute Gasteiger partial charge is 0.508 e. The summed E-state index contributed by atoms with van der Waals surface area (Å²) in [7, 11) is 0. The number of amides is 1. The summed E-state index contributed by atoms with van der Waals surface area (Å²) >= 11 is 0. The minimum atomic E-state index is -1.21. The Labute approximate surface area is 100 Å². The molecule has 0 saturated heterocycles. The van der Waals surface area contributed by atoms with Crippen molar-refractivity contribution in [3.63, 3.8) is 0 Å². The molecule has 0 fully saturated rings. The lowest BCUT2D eigenvalue weighted by atomic mass is 10.0. The number of aromatic hydroxyl groups is 1. The Morgan fingerprint density at radius 3 is 2.65 bits per heavy atom. The molecule has 5 heteroatoms. The molecule has 17 heavy (non-hydrogen) atoms. The van der Waals surface area contributed by atoms with Crippen LogP contribution in [0.5, 0.6) is 5.75 Å². The fraction of sp³-hybridized carbons (Fsp3) is 0.417. The van der Waals surface area contributed by atoms with Crippen LogP contribution in [0.4, 0.5) is 0 Å². The number of carbonyl (C=O) groups excluding carboxylic acids is 1. The van der Waals surface area contributed by atoms with E-state index in [-0.39, 0.29) is 18.3 Å². The quantitative estimate of drug-likeness (QED) is 0.572. The lowest BCUT2D eigenvalue weighted by Gasteiger charge is -2.19. The maximum atomic E-state index is 10.7. The Morgan fingerprint density at radius 2 is 2.12 bits per heavy atom. The smallest absolute Gasteiger partial charge is 0.247 e. The van der Waals surface area contributed by atoms with Crippen molar-refractivity contribution in [2.45, 2.75) is 25.5 Å². The molecule has 0 heterocycles. The van der Waals surface area contributed by atoms with Crippen molar-refractivity contribution in [1.29, 1.82) is 0 Å². The third-order valence-electron chi connectivity index (χ3n) is 2.61. The predicted octanol–water partition coefficient (Wildman–Crippen LogP) is 0.279. The molecule has 0 aromatic heterocycles. The van der Waals surface area contributed by atoms with E-state index in [1.165, 1.54) is 0 Å². The summed E-state index contributed by atoms with van der Waals surface area (Å²) in [5.74, 6) is -0.565. The molecular weight excluding hydrogens is 220 g/mol. The lowest BCUT2D eigenvalue weighted by Crippen LogP contribution is -2.38. The van der Waals surface area contributed by atoms with Crippen molar-refractivity contribution in [1.82, 2.24) is 5.32 Å². The van der Waals surface area contributed by atoms with Crippen LogP contribution in [0.25, 0.3) is 0 Å². The van der Waals surface area contributed by atoms with Gasteiger partial charge in [0.15, 0.2) is 0 Å². The molecule has 0 aliphatic heterocycles. The van der Waals surface area contributed by atoms with Gasteiger partial charge in [0.05, 0.1) is 0 Å². The van der Waals surface area contributed by atoms with Gasteiger partial charge in [-0.3, -0.25) is 4.79 Å². The number of rotatable bonds is 6. The first kappa shape index (κ1) is 13.5. The molecule has 0 bridgehead atoms. The summed E-state index contributed by atoms with van der Waals surface area (Å²) in [4.78, 5) is 10.7. The molecule has 5 nitrogen and oxygen atoms in total. The summed E-state index contributed by atoms with van der Waals surface area (Å²) in [6.07, 6.45) is -0.488. The van der Waals surface area contributed by atoms with E-state index in [1.54, 1.807) is 18.2 Å². The monoisotopic (exact) mass is 238 g/mol. The number of primary amides is 1. The number of aliphatic hydroxyl groups excluding tert-OH is 1. The van der Waals surface area contributed by atoms with Crippen LogP contribution >= 0.6 is 0 Å². The number of hydrogen-bond donors (Lipinski definition) is 4. The maximum Gasteiger partial charge on any atom is 0.247 e. The van der Waals surface area contributed by atoms with Gasteiger partial charge in [0.1, 0.15) is 11.9 Å². The molecule has 0 aliphatic rings. The number of carbonyl (C=O) groups is 1. The predicted molar refractivity (Wildman–Crippen MR) is 64.3 cm³/mol. The molecule has 2 unspecified atom stereocenters. The molecule has 1 aromatic carbocycles. The molecule has 1 aromatic rings. The topological polar surface area (TPSA) is 95.6 Å². The normalized spacial score (nSPS) is 14.2. The van der Waals surface area contributed by atoms with Crippen molar-refractivity contribution in [2.75, 3.05) is 6.54 Å². The zero-order valence-corrected chi connectivity index (χ0v) is 9.76. The Morgan fingerprint density at radius 1 is 1.47 bits per heavy atom. The van der Waals surface area contributed by atoms with Gasteiger partial charge in [-0.05, 0) is 12.5 Å². The number of aliphatic hydroxyl groups is 1. The third kappa shape index (κ3) is 3.72. The van der Waals surface area contributed by atoms with Crippen LogP contribution in [0, 0.1) is 0 Å². The highest BCUT2D eigenvalue weighted by molar-refractivity contribution is 5.78. The van der Waals surface area contributed by atoms with Crippen LogP contribution in [0.1, 0.15) is 24.9 Å². The van der Waals surface area contributed by atoms with Crippen molar-refractivity contribution >= 4 is 5.91 Å². The minimum absolute atomic E-state index is 0.0716. The van der Waals surface area contributed by atoms with Gasteiger partial charge >= 0.3 is 0 Å². The van der Waals surface area contributed by atoms with Gasteiger partial charge in [-0.25, -0.2) is 0 Å². The minimum Gasteiger partial charge on any atom is -0.508 e. The number of nitrogens with one attached hydrogen (secondary N) is 1. The molecule has 1 rings (SSSR count). The van der Waals surface area contributed by atoms with Gasteiger partial charge in [-0.2, -0.15) is 0 Å². The van der Waals surface area contributed by atoms with E-state index in [0.717, 1.165) is 12.0 Å². The van der Waals surface area contributed by atoms with E-state index in [2.05, 4.69) is 5.32 Å². The standard InChI is InChI=1S/C12H18N2O3/c1-2-9(14-7-11(16)12(13)17)8-5-3-4-6-10(8)15/h3-6,9,11,14-16H,2,7H2,1H3,(H2,13,17). The van der Waals surface area contributed by atoms with E-state index in [9.17, 15) is 15.0 Å². The number of benzene rings is 1. The van der Waals surface area contributed by atoms with Gasteiger partial charge in [0.2, 0.25) is 5.91 Å². The van der Waals surface area contributed by atoms with Gasteiger partial charge in [-0.15, -0.1) is 0 Å². The Kier molecular flexibility index (Phi) is 4.93. The second-order valence-corrected chi connectivity index (χ2v) is 3.85. The molecule has 5 N–H and O–H groups in total. The Bertz CT molecular complexity index is 382. The average molecular weight is 238 g/mol. The second kappa shape index (κ2) is 6.22. The van der Waals surface area contributed by atoms with E-state index in [4.69, 9.17) is 5.73 Å². The van der Waals surface area contributed by atoms with Crippen LogP contribution in [0.2, 0.25) is 0 Å². The van der Waals surface area contributed by atoms with Gasteiger partial charge in [-0.1, -0.05) is 25.1 Å². The van der Waals surface area contributed by atoms with Crippen molar-refractivity contribution in [3.05, 3.63) is 29.8 Å². The zero-order valence-electron chi connectivity index (χ0n) is 9.76. The SMILES string of the molecule is CCC(NCC(O)C(N)=O)c1ccccc1O. The lowest BCUT2D eigenvalue weighted by molar-refractivity contribution is -0.125. The van der Waals surface area contributed by atoms with Crippen LogP contribution in [-0.4, -0.2) is 28.8 Å². The summed E-state index contributed by atoms with van der Waals surface area (Å²) in [6.45, 7) is 2.02. The third-order valence-corrected chi connectivity index (χ3v) is 2.61. The summed E-state index contributed by atoms with van der Waals surface area (Å²) in [5.41, 5.74) is 5.70. The van der Waals surface area contributed by atoms with Crippen LogP contribution in [0.3, 0.4) is 0 Å². The molecule has 0 radical (unpaired) electrons. The summed E-state index contributed by atoms with van der Waals surface area (Å²) < 4.78 is 0. The van der Waals surface area contributed by atoms with Crippen molar-refractivity contribution < 1.29 is 15.0 Å². The van der Waals surface area contributed by atoms with Crippen molar-refractivity contribution in [2.24, 2.45) is 5.73 Å². The highest BCUT2D eigenvalue weighted by Gasteiger charge is 2.16. The van der Waals surface area contributed by atoms with Crippen LogP contribution in [0.15, 0.2) is 24.3 Å². The molecule has 0 spiro atoms. The Balaban J connectivity index is 2.67. The molecular formula is C12H18N2O3. The first-order valence-corrected chi connectivity index (χ1v) is 5.55. The molecule has 2 atom stereocenters. The van der Waals surface area contributed by atoms with Gasteiger partial charge in [0.25, 0.3) is 0 Å². The number of phenols is 1. The van der Waals surface area contributed by atoms with Crippen LogP contribution in [-0.2, 0) is 4.79 Å². The number of phenolic OH excluding ortho intramolecular Hbond substituents is 1. The molecule has 0 aliphatic carbocycles. The number of para-hydroxylation sites is 1. The average Bonchev–Trinajstić information content (AvgIpc) is 2.31. The van der Waals surface area contributed by atoms with Gasteiger partial charge < -0.3 is 21.3 Å². The number of nitrogens with two attached hydrogens (primary N) is 1. The van der Waals surface area contributed by atoms with E-state index < -0.39 is 12.0 Å². The van der Waals surface area contributed by atoms with Gasteiger partial charge in [0, 0.05) is 18.2 Å². The molecule has 94 valence electrons. The fourth-order valence-corrected chi connectivity index (χ4v) is 1.61. The second-order valence-electron chi connectivity index (χ2n) is 3.85. The zero-order chi connectivity index (χ0) is 12.8. The molecule has 0 saturated carbocycles. The Hall–Kier alpha value is -1.59. The van der Waals surface area contributed by atoms with E-state index in [1.807, 2.05) is 13.0 Å². The first-order valence-electron chi connectivity index (χ1n) is 5.55. The summed E-state index contributed by atoms with van der Waals surface area (Å²) in [5, 5.41) is 22.0. The summed E-state index contributed by atoms with van der Waals surface area (Å²) in [6, 6.07) is 6.84. The van der Waals surface area contributed by atoms with Crippen LogP contribution < -0.4 is 11.1 Å². The van der Waals surface area contributed by atoms with E-state index >= 15 is 0 Å². The highest BCUT2D eigenvalue weighted by atomic mass is 16.3. The number of hydrogen-bond acceptors (Lipinski definition) is 4. The highest BCUT2D eigenvalue weighted by Crippen LogP contribution is 2.25. The first-order chi connectivity index (χ1) is 8.06. The molecule has 1 amide bonds. The van der Waals surface area contributed by atoms with E-state index in [0.29, 0.717) is 0 Å². The fourth-order valence-electron chi connectivity index (χ4n) is 1.61.